The standard InChI is InChI=1S/C10H9BrN2OS/c11-8-4-2-1-3-7(8)5-12-10-13-9(14)6-15-10/h1-4H,5-6H2,(H,12,13,14). The maximum absolute atomic E-state index is 10.9. The Balaban J connectivity index is 2.04. The minimum atomic E-state index is 0.0332. The van der Waals surface area contributed by atoms with E-state index in [1.807, 2.05) is 24.3 Å². The fraction of sp³-hybridized carbons (Fsp3) is 0.200. The van der Waals surface area contributed by atoms with Crippen LogP contribution in [-0.2, 0) is 11.3 Å². The van der Waals surface area contributed by atoms with Gasteiger partial charge in [-0.15, -0.1) is 0 Å². The smallest absolute Gasteiger partial charge is 0.236 e. The lowest BCUT2D eigenvalue weighted by Gasteiger charge is -2.00. The molecule has 1 aromatic carbocycles. The molecule has 0 aromatic heterocycles. The average molecular weight is 285 g/mol. The first-order chi connectivity index (χ1) is 7.25. The quantitative estimate of drug-likeness (QED) is 0.904. The number of rotatable bonds is 2. The predicted molar refractivity (Wildman–Crippen MR) is 65.9 cm³/mol. The van der Waals surface area contributed by atoms with E-state index < -0.39 is 0 Å². The van der Waals surface area contributed by atoms with Crippen LogP contribution in [0.1, 0.15) is 5.56 Å². The molecule has 0 saturated carbocycles. The van der Waals surface area contributed by atoms with Crippen molar-refractivity contribution >= 4 is 38.8 Å². The molecule has 3 nitrogen and oxygen atoms in total. The van der Waals surface area contributed by atoms with Crippen LogP contribution in [0, 0.1) is 0 Å². The third-order valence-corrected chi connectivity index (χ3v) is 3.62. The molecule has 15 heavy (non-hydrogen) atoms. The Hall–Kier alpha value is -0.810. The van der Waals surface area contributed by atoms with Crippen molar-refractivity contribution in [1.82, 2.24) is 5.32 Å². The summed E-state index contributed by atoms with van der Waals surface area (Å²) in [5.41, 5.74) is 1.12. The maximum atomic E-state index is 10.9. The van der Waals surface area contributed by atoms with Crippen LogP contribution in [0.2, 0.25) is 0 Å². The van der Waals surface area contributed by atoms with E-state index in [-0.39, 0.29) is 5.91 Å². The van der Waals surface area contributed by atoms with Crippen molar-refractivity contribution < 1.29 is 4.79 Å². The number of hydrogen-bond acceptors (Lipinski definition) is 3. The van der Waals surface area contributed by atoms with E-state index in [2.05, 4.69) is 26.2 Å². The van der Waals surface area contributed by atoms with Crippen LogP contribution in [0.4, 0.5) is 0 Å². The largest absolute Gasteiger partial charge is 0.305 e. The summed E-state index contributed by atoms with van der Waals surface area (Å²) >= 11 is 4.90. The van der Waals surface area contributed by atoms with E-state index in [0.717, 1.165) is 15.2 Å². The maximum Gasteiger partial charge on any atom is 0.236 e. The zero-order valence-electron chi connectivity index (χ0n) is 7.87. The van der Waals surface area contributed by atoms with Crippen molar-refractivity contribution in [2.75, 3.05) is 5.75 Å². The van der Waals surface area contributed by atoms with Gasteiger partial charge in [0, 0.05) is 4.47 Å². The number of thioether (sulfide) groups is 1. The van der Waals surface area contributed by atoms with E-state index in [9.17, 15) is 4.79 Å². The van der Waals surface area contributed by atoms with Gasteiger partial charge in [-0.3, -0.25) is 9.79 Å². The van der Waals surface area contributed by atoms with Gasteiger partial charge in [0.25, 0.3) is 0 Å². The fourth-order valence-electron chi connectivity index (χ4n) is 1.19. The zero-order valence-corrected chi connectivity index (χ0v) is 10.3. The topological polar surface area (TPSA) is 41.5 Å². The Morgan fingerprint density at radius 1 is 1.47 bits per heavy atom. The molecule has 1 N–H and O–H groups in total. The monoisotopic (exact) mass is 284 g/mol. The van der Waals surface area contributed by atoms with Gasteiger partial charge >= 0.3 is 0 Å². The molecule has 0 bridgehead atoms. The van der Waals surface area contributed by atoms with Gasteiger partial charge in [0.1, 0.15) is 0 Å². The number of halogens is 1. The molecular formula is C10H9BrN2OS. The SMILES string of the molecule is O=C1CSC(=NCc2ccccc2Br)N1. The van der Waals surface area contributed by atoms with Gasteiger partial charge in [0.05, 0.1) is 12.3 Å². The van der Waals surface area contributed by atoms with Crippen molar-refractivity contribution in [3.63, 3.8) is 0 Å². The molecule has 0 spiro atoms. The number of carbonyl (C=O) groups is 1. The Bertz CT molecular complexity index is 420. The summed E-state index contributed by atoms with van der Waals surface area (Å²) in [6.45, 7) is 0.587. The van der Waals surface area contributed by atoms with Crippen LogP contribution in [0.5, 0.6) is 0 Å². The number of nitrogens with zero attached hydrogens (tertiary/aromatic N) is 1. The second kappa shape index (κ2) is 4.81. The van der Waals surface area contributed by atoms with Gasteiger partial charge in [-0.2, -0.15) is 0 Å². The lowest BCUT2D eigenvalue weighted by Crippen LogP contribution is -2.20. The summed E-state index contributed by atoms with van der Waals surface area (Å²) in [6.07, 6.45) is 0. The Labute approximate surface area is 100 Å². The number of aliphatic imine (C=N–C) groups is 1. The Morgan fingerprint density at radius 2 is 2.27 bits per heavy atom. The summed E-state index contributed by atoms with van der Waals surface area (Å²) in [4.78, 5) is 15.2. The molecule has 1 aromatic rings. The van der Waals surface area contributed by atoms with Crippen molar-refractivity contribution in [3.05, 3.63) is 34.3 Å². The third-order valence-electron chi connectivity index (χ3n) is 1.94. The van der Waals surface area contributed by atoms with Crippen LogP contribution in [0.25, 0.3) is 0 Å². The fourth-order valence-corrected chi connectivity index (χ4v) is 2.29. The number of nitrogens with one attached hydrogen (secondary N) is 1. The van der Waals surface area contributed by atoms with E-state index in [1.165, 1.54) is 11.8 Å². The molecule has 0 atom stereocenters. The van der Waals surface area contributed by atoms with Gasteiger partial charge in [0.15, 0.2) is 5.17 Å². The van der Waals surface area contributed by atoms with E-state index >= 15 is 0 Å². The van der Waals surface area contributed by atoms with Crippen LogP contribution in [-0.4, -0.2) is 16.8 Å². The second-order valence-electron chi connectivity index (χ2n) is 3.05. The lowest BCUT2D eigenvalue weighted by atomic mass is 10.2. The molecule has 1 saturated heterocycles. The summed E-state index contributed by atoms with van der Waals surface area (Å²) in [5, 5.41) is 3.42. The second-order valence-corrected chi connectivity index (χ2v) is 4.87. The molecular weight excluding hydrogens is 276 g/mol. The highest BCUT2D eigenvalue weighted by Gasteiger charge is 2.15. The predicted octanol–water partition coefficient (Wildman–Crippen LogP) is 2.17. The molecule has 5 heteroatoms. The highest BCUT2D eigenvalue weighted by Crippen LogP contribution is 2.17. The summed E-state index contributed by atoms with van der Waals surface area (Å²) in [6, 6.07) is 7.93. The van der Waals surface area contributed by atoms with Crippen LogP contribution >= 0.6 is 27.7 Å². The lowest BCUT2D eigenvalue weighted by molar-refractivity contribution is -0.116. The number of benzene rings is 1. The molecule has 0 aliphatic carbocycles. The molecule has 0 radical (unpaired) electrons. The molecule has 1 amide bonds. The van der Waals surface area contributed by atoms with Crippen LogP contribution in [0.3, 0.4) is 0 Å². The normalized spacial score (nSPS) is 18.2. The van der Waals surface area contributed by atoms with E-state index in [1.54, 1.807) is 0 Å². The first kappa shape index (κ1) is 10.7. The van der Waals surface area contributed by atoms with Crippen LogP contribution < -0.4 is 5.32 Å². The molecule has 78 valence electrons. The van der Waals surface area contributed by atoms with Crippen molar-refractivity contribution in [2.45, 2.75) is 6.54 Å². The average Bonchev–Trinajstić information content (AvgIpc) is 2.63. The Kier molecular flexibility index (Phi) is 3.43. The van der Waals surface area contributed by atoms with Gasteiger partial charge in [-0.05, 0) is 11.6 Å². The minimum Gasteiger partial charge on any atom is -0.305 e. The number of amidine groups is 1. The summed E-state index contributed by atoms with van der Waals surface area (Å²) < 4.78 is 1.05. The number of carbonyl (C=O) groups excluding carboxylic acids is 1. The number of amides is 1. The molecule has 2 rings (SSSR count). The molecule has 1 heterocycles. The van der Waals surface area contributed by atoms with E-state index in [0.29, 0.717) is 12.3 Å². The van der Waals surface area contributed by atoms with Crippen molar-refractivity contribution in [1.29, 1.82) is 0 Å². The van der Waals surface area contributed by atoms with E-state index in [4.69, 9.17) is 0 Å². The zero-order chi connectivity index (χ0) is 10.7. The Morgan fingerprint density at radius 3 is 2.93 bits per heavy atom. The van der Waals surface area contributed by atoms with Gasteiger partial charge in [0.2, 0.25) is 5.91 Å². The number of hydrogen-bond donors (Lipinski definition) is 1. The molecule has 1 aliphatic rings. The van der Waals surface area contributed by atoms with Gasteiger partial charge < -0.3 is 5.32 Å². The van der Waals surface area contributed by atoms with Gasteiger partial charge in [-0.25, -0.2) is 0 Å². The summed E-state index contributed by atoms with van der Waals surface area (Å²) in [5.74, 6) is 0.514. The van der Waals surface area contributed by atoms with Crippen molar-refractivity contribution in [3.8, 4) is 0 Å². The molecule has 1 aliphatic heterocycles. The van der Waals surface area contributed by atoms with Gasteiger partial charge in [-0.1, -0.05) is 45.9 Å². The first-order valence-corrected chi connectivity index (χ1v) is 6.24. The minimum absolute atomic E-state index is 0.0332. The molecule has 1 fully saturated rings. The van der Waals surface area contributed by atoms with Crippen LogP contribution in [0.15, 0.2) is 33.7 Å². The van der Waals surface area contributed by atoms with Crippen molar-refractivity contribution in [2.24, 2.45) is 4.99 Å². The molecule has 0 unspecified atom stereocenters. The third kappa shape index (κ3) is 2.82. The highest BCUT2D eigenvalue weighted by atomic mass is 79.9. The highest BCUT2D eigenvalue weighted by molar-refractivity contribution is 9.10. The summed E-state index contributed by atoms with van der Waals surface area (Å²) in [7, 11) is 0. The first-order valence-electron chi connectivity index (χ1n) is 4.46.